The molecule has 2 aliphatic rings. The van der Waals surface area contributed by atoms with Crippen molar-refractivity contribution in [2.75, 3.05) is 25.1 Å². The predicted molar refractivity (Wildman–Crippen MR) is 88.0 cm³/mol. The predicted octanol–water partition coefficient (Wildman–Crippen LogP) is 1.48. The number of nitrogens with one attached hydrogen (secondary N) is 1. The van der Waals surface area contributed by atoms with Crippen molar-refractivity contribution in [3.8, 4) is 5.88 Å². The Hall–Kier alpha value is -2.05. The lowest BCUT2D eigenvalue weighted by molar-refractivity contribution is 0.175. The Morgan fingerprint density at radius 2 is 2.04 bits per heavy atom. The van der Waals surface area contributed by atoms with Crippen molar-refractivity contribution in [2.24, 2.45) is 0 Å². The van der Waals surface area contributed by atoms with E-state index < -0.39 is 0 Å². The van der Waals surface area contributed by atoms with E-state index in [9.17, 15) is 4.79 Å². The number of ether oxygens (including phenoxy) is 1. The molecule has 0 radical (unpaired) electrons. The van der Waals surface area contributed by atoms with E-state index in [1.54, 1.807) is 7.11 Å². The maximum Gasteiger partial charge on any atom is 0.318 e. The zero-order valence-electron chi connectivity index (χ0n) is 14.5. The molecule has 2 fully saturated rings. The number of aromatic nitrogens is 2. The molecule has 3 rings (SSSR count). The standard InChI is InChI=1S/C16H25N5O2/c1-9(2)21-13-6-7-20(8-12(13)19-16(21)22)14-10(3)15(23-5)18-11(4)17-14/h9,12-13H,6-8H2,1-5H3,(H,19,22)/t12-,13+/m1/s1. The summed E-state index contributed by atoms with van der Waals surface area (Å²) < 4.78 is 5.35. The summed E-state index contributed by atoms with van der Waals surface area (Å²) in [6.07, 6.45) is 0.937. The van der Waals surface area contributed by atoms with Gasteiger partial charge in [-0.2, -0.15) is 4.98 Å². The van der Waals surface area contributed by atoms with E-state index in [1.165, 1.54) is 0 Å². The van der Waals surface area contributed by atoms with Gasteiger partial charge >= 0.3 is 6.03 Å². The highest BCUT2D eigenvalue weighted by Crippen LogP contribution is 2.31. The van der Waals surface area contributed by atoms with Crippen LogP contribution in [-0.4, -0.2) is 59.2 Å². The molecule has 1 N–H and O–H groups in total. The molecule has 2 atom stereocenters. The number of amides is 2. The van der Waals surface area contributed by atoms with Gasteiger partial charge in [-0.25, -0.2) is 9.78 Å². The first kappa shape index (κ1) is 15.8. The third-order valence-electron chi connectivity index (χ3n) is 4.71. The molecular formula is C16H25N5O2. The quantitative estimate of drug-likeness (QED) is 0.914. The van der Waals surface area contributed by atoms with Crippen LogP contribution in [0.15, 0.2) is 0 Å². The number of nitrogens with zero attached hydrogens (tertiary/aromatic N) is 4. The second-order valence-corrected chi connectivity index (χ2v) is 6.59. The van der Waals surface area contributed by atoms with Crippen LogP contribution in [0.2, 0.25) is 0 Å². The van der Waals surface area contributed by atoms with Crippen molar-refractivity contribution in [1.29, 1.82) is 0 Å². The normalized spacial score (nSPS) is 24.0. The molecule has 2 amide bonds. The monoisotopic (exact) mass is 319 g/mol. The summed E-state index contributed by atoms with van der Waals surface area (Å²) in [5.74, 6) is 2.22. The summed E-state index contributed by atoms with van der Waals surface area (Å²) in [7, 11) is 1.63. The van der Waals surface area contributed by atoms with Crippen LogP contribution in [0.4, 0.5) is 10.6 Å². The number of anilines is 1. The average Bonchev–Trinajstić information content (AvgIpc) is 2.84. The van der Waals surface area contributed by atoms with Gasteiger partial charge in [0.1, 0.15) is 11.6 Å². The van der Waals surface area contributed by atoms with Crippen molar-refractivity contribution in [1.82, 2.24) is 20.2 Å². The van der Waals surface area contributed by atoms with Gasteiger partial charge in [-0.05, 0) is 34.1 Å². The summed E-state index contributed by atoms with van der Waals surface area (Å²) in [6, 6.07) is 0.674. The number of fused-ring (bicyclic) bond motifs is 1. The molecule has 1 aromatic rings. The molecule has 0 aliphatic carbocycles. The molecule has 126 valence electrons. The smallest absolute Gasteiger partial charge is 0.318 e. The second kappa shape index (κ2) is 5.86. The third kappa shape index (κ3) is 2.68. The van der Waals surface area contributed by atoms with Crippen LogP contribution in [0.3, 0.4) is 0 Å². The van der Waals surface area contributed by atoms with Crippen molar-refractivity contribution in [3.63, 3.8) is 0 Å². The van der Waals surface area contributed by atoms with Crippen LogP contribution in [0.5, 0.6) is 5.88 Å². The highest BCUT2D eigenvalue weighted by atomic mass is 16.5. The molecule has 0 unspecified atom stereocenters. The number of hydrogen-bond donors (Lipinski definition) is 1. The van der Waals surface area contributed by atoms with Gasteiger partial charge in [0.15, 0.2) is 0 Å². The van der Waals surface area contributed by atoms with E-state index in [-0.39, 0.29) is 24.2 Å². The highest BCUT2D eigenvalue weighted by Gasteiger charge is 2.44. The van der Waals surface area contributed by atoms with E-state index in [1.807, 2.05) is 18.7 Å². The summed E-state index contributed by atoms with van der Waals surface area (Å²) >= 11 is 0. The van der Waals surface area contributed by atoms with Gasteiger partial charge in [0.05, 0.1) is 24.8 Å². The van der Waals surface area contributed by atoms with Gasteiger partial charge in [-0.3, -0.25) is 0 Å². The first-order valence-electron chi connectivity index (χ1n) is 8.15. The van der Waals surface area contributed by atoms with Gasteiger partial charge in [-0.1, -0.05) is 0 Å². The SMILES string of the molecule is COc1nc(C)nc(N2CC[C@H]3[C@@H](C2)NC(=O)N3C(C)C)c1C. The van der Waals surface area contributed by atoms with Gasteiger partial charge in [0.2, 0.25) is 5.88 Å². The molecular weight excluding hydrogens is 294 g/mol. The van der Waals surface area contributed by atoms with Crippen molar-refractivity contribution < 1.29 is 9.53 Å². The first-order valence-corrected chi connectivity index (χ1v) is 8.15. The lowest BCUT2D eigenvalue weighted by Crippen LogP contribution is -2.52. The zero-order valence-corrected chi connectivity index (χ0v) is 14.5. The second-order valence-electron chi connectivity index (χ2n) is 6.59. The Balaban J connectivity index is 1.84. The van der Waals surface area contributed by atoms with Crippen molar-refractivity contribution >= 4 is 11.8 Å². The lowest BCUT2D eigenvalue weighted by atomic mass is 9.98. The minimum atomic E-state index is 0.0463. The molecule has 7 nitrogen and oxygen atoms in total. The summed E-state index contributed by atoms with van der Waals surface area (Å²) in [5.41, 5.74) is 0.946. The largest absolute Gasteiger partial charge is 0.481 e. The maximum absolute atomic E-state index is 12.2. The molecule has 3 heterocycles. The fourth-order valence-electron chi connectivity index (χ4n) is 3.70. The Morgan fingerprint density at radius 1 is 1.30 bits per heavy atom. The van der Waals surface area contributed by atoms with Crippen LogP contribution in [0, 0.1) is 13.8 Å². The lowest BCUT2D eigenvalue weighted by Gasteiger charge is -2.39. The molecule has 0 aromatic carbocycles. The molecule has 0 bridgehead atoms. The number of methoxy groups -OCH3 is 1. The van der Waals surface area contributed by atoms with E-state index in [0.717, 1.165) is 30.9 Å². The topological polar surface area (TPSA) is 70.6 Å². The maximum atomic E-state index is 12.2. The molecule has 1 aromatic heterocycles. The fourth-order valence-corrected chi connectivity index (χ4v) is 3.70. The van der Waals surface area contributed by atoms with Crippen molar-refractivity contribution in [3.05, 3.63) is 11.4 Å². The van der Waals surface area contributed by atoms with E-state index in [2.05, 4.69) is 34.0 Å². The minimum Gasteiger partial charge on any atom is -0.481 e. The first-order chi connectivity index (χ1) is 10.9. The number of rotatable bonds is 3. The summed E-state index contributed by atoms with van der Waals surface area (Å²) in [5, 5.41) is 3.12. The third-order valence-corrected chi connectivity index (χ3v) is 4.71. The number of hydrogen-bond acceptors (Lipinski definition) is 5. The fraction of sp³-hybridized carbons (Fsp3) is 0.688. The van der Waals surface area contributed by atoms with Crippen LogP contribution >= 0.6 is 0 Å². The number of piperidine rings is 1. The van der Waals surface area contributed by atoms with Gasteiger partial charge in [0.25, 0.3) is 0 Å². The van der Waals surface area contributed by atoms with Gasteiger partial charge in [0, 0.05) is 19.1 Å². The Morgan fingerprint density at radius 3 is 2.70 bits per heavy atom. The van der Waals surface area contributed by atoms with E-state index >= 15 is 0 Å². The highest BCUT2D eigenvalue weighted by molar-refractivity contribution is 5.78. The Kier molecular flexibility index (Phi) is 4.04. The average molecular weight is 319 g/mol. The number of carbonyl (C=O) groups excluding carboxylic acids is 1. The van der Waals surface area contributed by atoms with Crippen LogP contribution in [0.1, 0.15) is 31.7 Å². The molecule has 2 aliphatic heterocycles. The van der Waals surface area contributed by atoms with Crippen LogP contribution in [0.25, 0.3) is 0 Å². The van der Waals surface area contributed by atoms with Crippen LogP contribution < -0.4 is 15.0 Å². The molecule has 2 saturated heterocycles. The number of urea groups is 1. The number of aryl methyl sites for hydroxylation is 1. The van der Waals surface area contributed by atoms with Gasteiger partial charge in [-0.15, -0.1) is 0 Å². The molecule has 0 spiro atoms. The summed E-state index contributed by atoms with van der Waals surface area (Å²) in [4.78, 5) is 25.3. The summed E-state index contributed by atoms with van der Waals surface area (Å²) in [6.45, 7) is 9.62. The van der Waals surface area contributed by atoms with E-state index in [4.69, 9.17) is 4.74 Å². The number of carbonyl (C=O) groups is 1. The molecule has 0 saturated carbocycles. The van der Waals surface area contributed by atoms with Crippen LogP contribution in [-0.2, 0) is 0 Å². The zero-order chi connectivity index (χ0) is 16.7. The Bertz CT molecular complexity index is 619. The van der Waals surface area contributed by atoms with E-state index in [0.29, 0.717) is 11.7 Å². The molecule has 7 heteroatoms. The Labute approximate surface area is 137 Å². The minimum absolute atomic E-state index is 0.0463. The molecule has 23 heavy (non-hydrogen) atoms. The van der Waals surface area contributed by atoms with Gasteiger partial charge < -0.3 is 19.9 Å². The van der Waals surface area contributed by atoms with Crippen molar-refractivity contribution in [2.45, 2.75) is 52.2 Å².